The van der Waals surface area contributed by atoms with E-state index in [0.29, 0.717) is 5.82 Å². The van der Waals surface area contributed by atoms with Crippen molar-refractivity contribution in [2.24, 2.45) is 0 Å². The molecule has 0 atom stereocenters. The Hall–Kier alpha value is -2.14. The van der Waals surface area contributed by atoms with Gasteiger partial charge in [-0.3, -0.25) is 4.79 Å². The molecule has 4 nitrogen and oxygen atoms in total. The zero-order valence-electron chi connectivity index (χ0n) is 10.5. The van der Waals surface area contributed by atoms with Crippen LogP contribution in [0.2, 0.25) is 0 Å². The Labute approximate surface area is 123 Å². The van der Waals surface area contributed by atoms with Crippen LogP contribution in [0.4, 0.5) is 0 Å². The molecule has 0 radical (unpaired) electrons. The molecule has 0 bridgehead atoms. The Bertz CT molecular complexity index is 795. The molecule has 0 saturated heterocycles. The highest BCUT2D eigenvalue weighted by atomic mass is 79.9. The fourth-order valence-corrected chi connectivity index (χ4v) is 2.68. The molecule has 100 valence electrons. The monoisotopic (exact) mass is 330 g/mol. The Balaban J connectivity index is 2.29. The van der Waals surface area contributed by atoms with E-state index in [1.54, 1.807) is 4.57 Å². The molecule has 0 aliphatic carbocycles. The first-order chi connectivity index (χ1) is 9.66. The van der Waals surface area contributed by atoms with E-state index in [4.69, 9.17) is 5.11 Å². The molecule has 0 spiro atoms. The maximum atomic E-state index is 11.1. The number of halogens is 1. The Morgan fingerprint density at radius 2 is 1.85 bits per heavy atom. The molecule has 0 amide bonds. The van der Waals surface area contributed by atoms with Crippen molar-refractivity contribution in [3.63, 3.8) is 0 Å². The minimum atomic E-state index is -0.888. The molecule has 0 aliphatic heterocycles. The van der Waals surface area contributed by atoms with Crippen LogP contribution < -0.4 is 0 Å². The highest BCUT2D eigenvalue weighted by Gasteiger charge is 2.16. The van der Waals surface area contributed by atoms with Crippen LogP contribution >= 0.6 is 15.9 Å². The van der Waals surface area contributed by atoms with E-state index >= 15 is 0 Å². The van der Waals surface area contributed by atoms with Gasteiger partial charge in [-0.1, -0.05) is 46.3 Å². The lowest BCUT2D eigenvalue weighted by Gasteiger charge is -2.07. The molecule has 1 aromatic heterocycles. The molecule has 0 fully saturated rings. The van der Waals surface area contributed by atoms with Gasteiger partial charge in [0.15, 0.2) is 0 Å². The summed E-state index contributed by atoms with van der Waals surface area (Å²) in [7, 11) is 0. The Kier molecular flexibility index (Phi) is 3.28. The maximum absolute atomic E-state index is 11.1. The van der Waals surface area contributed by atoms with Crippen molar-refractivity contribution < 1.29 is 9.90 Å². The first-order valence-corrected chi connectivity index (χ1v) is 6.88. The van der Waals surface area contributed by atoms with Gasteiger partial charge in [0.1, 0.15) is 12.4 Å². The summed E-state index contributed by atoms with van der Waals surface area (Å²) in [4.78, 5) is 15.7. The van der Waals surface area contributed by atoms with Crippen molar-refractivity contribution >= 4 is 32.9 Å². The second-order valence-electron chi connectivity index (χ2n) is 4.38. The maximum Gasteiger partial charge on any atom is 0.323 e. The number of aliphatic carboxylic acids is 1. The summed E-state index contributed by atoms with van der Waals surface area (Å²) in [6, 6.07) is 15.2. The summed E-state index contributed by atoms with van der Waals surface area (Å²) in [5.41, 5.74) is 2.49. The van der Waals surface area contributed by atoms with Crippen molar-refractivity contribution in [1.82, 2.24) is 9.55 Å². The average molecular weight is 331 g/mol. The number of nitrogens with zero attached hydrogens (tertiary/aromatic N) is 2. The average Bonchev–Trinajstić information content (AvgIpc) is 2.78. The van der Waals surface area contributed by atoms with E-state index in [9.17, 15) is 4.79 Å². The summed E-state index contributed by atoms with van der Waals surface area (Å²) in [5, 5.41) is 9.13. The summed E-state index contributed by atoms with van der Waals surface area (Å²) < 4.78 is 2.61. The minimum Gasteiger partial charge on any atom is -0.480 e. The lowest BCUT2D eigenvalue weighted by Crippen LogP contribution is -2.10. The van der Waals surface area contributed by atoms with Crippen LogP contribution in [0.1, 0.15) is 0 Å². The van der Waals surface area contributed by atoms with Gasteiger partial charge >= 0.3 is 5.97 Å². The minimum absolute atomic E-state index is 0.114. The number of fused-ring (bicyclic) bond motifs is 1. The Morgan fingerprint density at radius 3 is 2.60 bits per heavy atom. The number of carboxylic acids is 1. The molecular weight excluding hydrogens is 320 g/mol. The number of para-hydroxylation sites is 2. The lowest BCUT2D eigenvalue weighted by molar-refractivity contribution is -0.137. The molecule has 0 aliphatic rings. The molecule has 1 heterocycles. The van der Waals surface area contributed by atoms with E-state index in [-0.39, 0.29) is 6.54 Å². The zero-order valence-corrected chi connectivity index (χ0v) is 12.0. The number of carbonyl (C=O) groups is 1. The zero-order chi connectivity index (χ0) is 14.1. The predicted molar refractivity (Wildman–Crippen MR) is 80.5 cm³/mol. The molecule has 1 N–H and O–H groups in total. The third-order valence-electron chi connectivity index (χ3n) is 3.06. The second-order valence-corrected chi connectivity index (χ2v) is 5.24. The number of rotatable bonds is 3. The van der Waals surface area contributed by atoms with Crippen molar-refractivity contribution in [1.29, 1.82) is 0 Å². The quantitative estimate of drug-likeness (QED) is 0.798. The molecule has 3 aromatic rings. The second kappa shape index (κ2) is 5.09. The standard InChI is InChI=1S/C15H11BrN2O2/c16-11-6-2-1-5-10(11)15-17-12-7-3-4-8-13(12)18(15)9-14(19)20/h1-8H,9H2,(H,19,20). The van der Waals surface area contributed by atoms with Gasteiger partial charge in [-0.25, -0.2) is 4.98 Å². The predicted octanol–water partition coefficient (Wildman–Crippen LogP) is 3.55. The first kappa shape index (κ1) is 12.9. The number of carboxylic acid groups (broad SMARTS) is 1. The van der Waals surface area contributed by atoms with Crippen LogP contribution in [-0.2, 0) is 11.3 Å². The molecule has 0 saturated carbocycles. The van der Waals surface area contributed by atoms with Crippen LogP contribution in [0, 0.1) is 0 Å². The molecule has 20 heavy (non-hydrogen) atoms. The molecular formula is C15H11BrN2O2. The van der Waals surface area contributed by atoms with Gasteiger partial charge in [0.25, 0.3) is 0 Å². The molecule has 0 unspecified atom stereocenters. The van der Waals surface area contributed by atoms with Crippen LogP contribution in [0.5, 0.6) is 0 Å². The van der Waals surface area contributed by atoms with Crippen LogP contribution in [0.25, 0.3) is 22.4 Å². The van der Waals surface area contributed by atoms with E-state index in [0.717, 1.165) is 21.1 Å². The summed E-state index contributed by atoms with van der Waals surface area (Å²) in [6.07, 6.45) is 0. The highest BCUT2D eigenvalue weighted by molar-refractivity contribution is 9.10. The number of hydrogen-bond acceptors (Lipinski definition) is 2. The molecule has 2 aromatic carbocycles. The van der Waals surface area contributed by atoms with E-state index in [1.807, 2.05) is 48.5 Å². The van der Waals surface area contributed by atoms with Crippen molar-refractivity contribution in [2.75, 3.05) is 0 Å². The van der Waals surface area contributed by atoms with Crippen molar-refractivity contribution in [2.45, 2.75) is 6.54 Å². The van der Waals surface area contributed by atoms with Crippen LogP contribution in [0.3, 0.4) is 0 Å². The summed E-state index contributed by atoms with van der Waals surface area (Å²) >= 11 is 3.49. The SMILES string of the molecule is O=C(O)Cn1c(-c2ccccc2Br)nc2ccccc21. The lowest BCUT2D eigenvalue weighted by atomic mass is 10.2. The van der Waals surface area contributed by atoms with Crippen LogP contribution in [0.15, 0.2) is 53.0 Å². The fraction of sp³-hybridized carbons (Fsp3) is 0.0667. The van der Waals surface area contributed by atoms with Gasteiger partial charge < -0.3 is 9.67 Å². The number of hydrogen-bond donors (Lipinski definition) is 1. The van der Waals surface area contributed by atoms with Gasteiger partial charge in [0.05, 0.1) is 11.0 Å². The summed E-state index contributed by atoms with van der Waals surface area (Å²) in [6.45, 7) is -0.114. The van der Waals surface area contributed by atoms with E-state index in [1.165, 1.54) is 0 Å². The third kappa shape index (κ3) is 2.20. The van der Waals surface area contributed by atoms with Crippen molar-refractivity contribution in [3.8, 4) is 11.4 Å². The third-order valence-corrected chi connectivity index (χ3v) is 3.75. The largest absolute Gasteiger partial charge is 0.480 e. The number of benzene rings is 2. The summed E-state index contributed by atoms with van der Waals surface area (Å²) in [5.74, 6) is -0.234. The van der Waals surface area contributed by atoms with E-state index in [2.05, 4.69) is 20.9 Å². The fourth-order valence-electron chi connectivity index (χ4n) is 2.22. The molecule has 5 heteroatoms. The highest BCUT2D eigenvalue weighted by Crippen LogP contribution is 2.30. The Morgan fingerprint density at radius 1 is 1.15 bits per heavy atom. The van der Waals surface area contributed by atoms with Gasteiger partial charge in [-0.2, -0.15) is 0 Å². The van der Waals surface area contributed by atoms with Gasteiger partial charge in [-0.05, 0) is 18.2 Å². The normalized spacial score (nSPS) is 10.8. The number of aromatic nitrogens is 2. The first-order valence-electron chi connectivity index (χ1n) is 6.09. The van der Waals surface area contributed by atoms with Crippen LogP contribution in [-0.4, -0.2) is 20.6 Å². The van der Waals surface area contributed by atoms with Gasteiger partial charge in [0.2, 0.25) is 0 Å². The van der Waals surface area contributed by atoms with Gasteiger partial charge in [-0.15, -0.1) is 0 Å². The van der Waals surface area contributed by atoms with E-state index < -0.39 is 5.97 Å². The smallest absolute Gasteiger partial charge is 0.323 e. The topological polar surface area (TPSA) is 55.1 Å². The van der Waals surface area contributed by atoms with Crippen molar-refractivity contribution in [3.05, 3.63) is 53.0 Å². The van der Waals surface area contributed by atoms with Gasteiger partial charge in [0, 0.05) is 10.0 Å². The molecule has 3 rings (SSSR count). The number of imidazole rings is 1.